The first kappa shape index (κ1) is 13.3. The van der Waals surface area contributed by atoms with Crippen molar-refractivity contribution >= 4 is 17.9 Å². The van der Waals surface area contributed by atoms with Gasteiger partial charge in [0.05, 0.1) is 6.54 Å². The second-order valence-corrected chi connectivity index (χ2v) is 3.98. The van der Waals surface area contributed by atoms with E-state index in [1.165, 1.54) is 0 Å². The minimum Gasteiger partial charge on any atom is -0.480 e. The molecule has 0 atom stereocenters. The van der Waals surface area contributed by atoms with Gasteiger partial charge in [0.15, 0.2) is 0 Å². The summed E-state index contributed by atoms with van der Waals surface area (Å²) in [5, 5.41) is 15.5. The first-order valence-corrected chi connectivity index (χ1v) is 5.61. The van der Waals surface area contributed by atoms with E-state index in [0.29, 0.717) is 0 Å². The maximum Gasteiger partial charge on any atom is 0.323 e. The highest BCUT2D eigenvalue weighted by atomic mass is 16.4. The third-order valence-electron chi connectivity index (χ3n) is 2.53. The lowest BCUT2D eigenvalue weighted by molar-refractivity contribution is -0.135. The predicted molar refractivity (Wildman–Crippen MR) is 59.4 cm³/mol. The number of carbonyl (C=O) groups excluding carboxylic acids is 2. The Labute approximate surface area is 98.9 Å². The van der Waals surface area contributed by atoms with Crippen molar-refractivity contribution in [3.8, 4) is 0 Å². The van der Waals surface area contributed by atoms with Crippen LogP contribution in [0.2, 0.25) is 0 Å². The van der Waals surface area contributed by atoms with E-state index < -0.39 is 18.5 Å². The Kier molecular flexibility index (Phi) is 5.25. The minimum atomic E-state index is -1.13. The van der Waals surface area contributed by atoms with Crippen molar-refractivity contribution in [2.45, 2.75) is 31.7 Å². The summed E-state index contributed by atoms with van der Waals surface area (Å²) in [6.07, 6.45) is 4.21. The van der Waals surface area contributed by atoms with Crippen molar-refractivity contribution in [3.63, 3.8) is 0 Å². The van der Waals surface area contributed by atoms with Crippen LogP contribution in [0.5, 0.6) is 0 Å². The molecule has 0 unspecified atom stereocenters. The third kappa shape index (κ3) is 5.74. The van der Waals surface area contributed by atoms with Gasteiger partial charge in [0.2, 0.25) is 5.91 Å². The lowest BCUT2D eigenvalue weighted by Gasteiger charge is -2.12. The molecule has 4 N–H and O–H groups in total. The highest BCUT2D eigenvalue weighted by Gasteiger charge is 2.17. The standard InChI is InChI=1S/C10H17N3O4/c14-8(13-7-3-1-2-4-7)5-11-10(17)12-6-9(15)16/h7H,1-6H2,(H,13,14)(H,15,16)(H2,11,12,17). The molecule has 0 saturated heterocycles. The van der Waals surface area contributed by atoms with Crippen LogP contribution in [-0.4, -0.2) is 42.1 Å². The van der Waals surface area contributed by atoms with Gasteiger partial charge in [0, 0.05) is 6.04 Å². The molecule has 0 bridgehead atoms. The molecule has 96 valence electrons. The number of aliphatic carboxylic acids is 1. The summed E-state index contributed by atoms with van der Waals surface area (Å²) in [5.74, 6) is -1.38. The lowest BCUT2D eigenvalue weighted by atomic mass is 10.2. The summed E-state index contributed by atoms with van der Waals surface area (Å²) in [6, 6.07) is -0.444. The van der Waals surface area contributed by atoms with Crippen LogP contribution >= 0.6 is 0 Å². The van der Waals surface area contributed by atoms with Crippen molar-refractivity contribution in [1.82, 2.24) is 16.0 Å². The molecule has 1 aliphatic carbocycles. The number of carboxylic acids is 1. The average Bonchev–Trinajstić information content (AvgIpc) is 2.76. The molecule has 1 saturated carbocycles. The van der Waals surface area contributed by atoms with Crippen molar-refractivity contribution in [2.24, 2.45) is 0 Å². The molecule has 0 aromatic heterocycles. The zero-order valence-electron chi connectivity index (χ0n) is 9.49. The lowest BCUT2D eigenvalue weighted by Crippen LogP contribution is -2.45. The van der Waals surface area contributed by atoms with Gasteiger partial charge in [-0.2, -0.15) is 0 Å². The molecule has 3 amide bonds. The normalized spacial score (nSPS) is 15.3. The van der Waals surface area contributed by atoms with Gasteiger partial charge in [-0.05, 0) is 12.8 Å². The highest BCUT2D eigenvalue weighted by molar-refractivity contribution is 5.85. The molecule has 7 heteroatoms. The molecule has 0 aliphatic heterocycles. The van der Waals surface area contributed by atoms with Gasteiger partial charge in [0.25, 0.3) is 0 Å². The fraction of sp³-hybridized carbons (Fsp3) is 0.700. The smallest absolute Gasteiger partial charge is 0.323 e. The molecule has 0 radical (unpaired) electrons. The van der Waals surface area contributed by atoms with E-state index in [0.717, 1.165) is 25.7 Å². The number of hydrogen-bond acceptors (Lipinski definition) is 3. The Morgan fingerprint density at radius 2 is 1.65 bits per heavy atom. The van der Waals surface area contributed by atoms with Crippen molar-refractivity contribution < 1.29 is 19.5 Å². The second-order valence-electron chi connectivity index (χ2n) is 3.98. The number of carbonyl (C=O) groups is 3. The molecule has 1 fully saturated rings. The Morgan fingerprint density at radius 3 is 2.24 bits per heavy atom. The topological polar surface area (TPSA) is 108 Å². The number of rotatable bonds is 5. The molecule has 0 heterocycles. The Balaban J connectivity index is 2.10. The first-order chi connectivity index (χ1) is 8.08. The predicted octanol–water partition coefficient (Wildman–Crippen LogP) is -0.571. The van der Waals surface area contributed by atoms with Gasteiger partial charge in [-0.25, -0.2) is 4.79 Å². The maximum absolute atomic E-state index is 11.4. The third-order valence-corrected chi connectivity index (χ3v) is 2.53. The van der Waals surface area contributed by atoms with Gasteiger partial charge in [-0.1, -0.05) is 12.8 Å². The molecule has 7 nitrogen and oxygen atoms in total. The minimum absolute atomic E-state index is 0.137. The number of nitrogens with one attached hydrogen (secondary N) is 3. The quantitative estimate of drug-likeness (QED) is 0.518. The zero-order valence-corrected chi connectivity index (χ0v) is 9.49. The summed E-state index contributed by atoms with van der Waals surface area (Å²) in [5.41, 5.74) is 0. The summed E-state index contributed by atoms with van der Waals surface area (Å²) in [6.45, 7) is -0.599. The Hall–Kier alpha value is -1.79. The molecule has 0 aromatic rings. The first-order valence-electron chi connectivity index (χ1n) is 5.61. The van der Waals surface area contributed by atoms with Crippen LogP contribution in [0, 0.1) is 0 Å². The van der Waals surface area contributed by atoms with E-state index in [2.05, 4.69) is 16.0 Å². The van der Waals surface area contributed by atoms with E-state index in [-0.39, 0.29) is 18.5 Å². The van der Waals surface area contributed by atoms with E-state index in [9.17, 15) is 14.4 Å². The van der Waals surface area contributed by atoms with Crippen LogP contribution in [0.3, 0.4) is 0 Å². The molecular weight excluding hydrogens is 226 g/mol. The molecule has 17 heavy (non-hydrogen) atoms. The monoisotopic (exact) mass is 243 g/mol. The molecular formula is C10H17N3O4. The summed E-state index contributed by atoms with van der Waals surface area (Å²) in [7, 11) is 0. The molecule has 1 aliphatic rings. The van der Waals surface area contributed by atoms with Crippen LogP contribution in [0.1, 0.15) is 25.7 Å². The Bertz CT molecular complexity index is 300. The largest absolute Gasteiger partial charge is 0.480 e. The fourth-order valence-corrected chi connectivity index (χ4v) is 1.73. The highest BCUT2D eigenvalue weighted by Crippen LogP contribution is 2.17. The van der Waals surface area contributed by atoms with Crippen LogP contribution in [0.25, 0.3) is 0 Å². The zero-order chi connectivity index (χ0) is 12.7. The number of hydrogen-bond donors (Lipinski definition) is 4. The van der Waals surface area contributed by atoms with Gasteiger partial charge in [-0.3, -0.25) is 9.59 Å². The van der Waals surface area contributed by atoms with E-state index in [4.69, 9.17) is 5.11 Å². The maximum atomic E-state index is 11.4. The molecule has 1 rings (SSSR count). The van der Waals surface area contributed by atoms with Crippen molar-refractivity contribution in [1.29, 1.82) is 0 Å². The van der Waals surface area contributed by atoms with Gasteiger partial charge < -0.3 is 21.1 Å². The van der Waals surface area contributed by atoms with E-state index >= 15 is 0 Å². The molecule has 0 aromatic carbocycles. The second kappa shape index (κ2) is 6.72. The van der Waals surface area contributed by atoms with Gasteiger partial charge in [-0.15, -0.1) is 0 Å². The van der Waals surface area contributed by atoms with Crippen LogP contribution in [0.15, 0.2) is 0 Å². The fourth-order valence-electron chi connectivity index (χ4n) is 1.73. The summed E-state index contributed by atoms with van der Waals surface area (Å²) in [4.78, 5) is 32.5. The van der Waals surface area contributed by atoms with Crippen LogP contribution < -0.4 is 16.0 Å². The summed E-state index contributed by atoms with van der Waals surface area (Å²) >= 11 is 0. The average molecular weight is 243 g/mol. The van der Waals surface area contributed by atoms with Crippen molar-refractivity contribution in [2.75, 3.05) is 13.1 Å². The van der Waals surface area contributed by atoms with Crippen molar-refractivity contribution in [3.05, 3.63) is 0 Å². The van der Waals surface area contributed by atoms with Crippen LogP contribution in [-0.2, 0) is 9.59 Å². The SMILES string of the molecule is O=C(O)CNC(=O)NCC(=O)NC1CCCC1. The van der Waals surface area contributed by atoms with Crippen LogP contribution in [0.4, 0.5) is 4.79 Å². The number of urea groups is 1. The summed E-state index contributed by atoms with van der Waals surface area (Å²) < 4.78 is 0. The van der Waals surface area contributed by atoms with E-state index in [1.54, 1.807) is 0 Å². The van der Waals surface area contributed by atoms with Gasteiger partial charge >= 0.3 is 12.0 Å². The van der Waals surface area contributed by atoms with Gasteiger partial charge in [0.1, 0.15) is 6.54 Å². The number of amides is 3. The molecule has 0 spiro atoms. The van der Waals surface area contributed by atoms with E-state index in [1.807, 2.05) is 0 Å². The number of carboxylic acid groups (broad SMARTS) is 1. The Morgan fingerprint density at radius 1 is 1.06 bits per heavy atom.